The third-order valence-electron chi connectivity index (χ3n) is 2.77. The number of hydrogen-bond acceptors (Lipinski definition) is 2. The van der Waals surface area contributed by atoms with E-state index < -0.39 is 5.91 Å². The van der Waals surface area contributed by atoms with E-state index >= 15 is 0 Å². The lowest BCUT2D eigenvalue weighted by Crippen LogP contribution is -2.14. The molecule has 0 atom stereocenters. The summed E-state index contributed by atoms with van der Waals surface area (Å²) in [4.78, 5) is 22.9. The number of halogens is 2. The van der Waals surface area contributed by atoms with Crippen LogP contribution >= 0.6 is 27.5 Å². The molecule has 21 heavy (non-hydrogen) atoms. The highest BCUT2D eigenvalue weighted by molar-refractivity contribution is 9.10. The zero-order chi connectivity index (χ0) is 15.4. The van der Waals surface area contributed by atoms with Crippen LogP contribution in [0.25, 0.3) is 0 Å². The number of carbonyl (C=O) groups excluding carboxylic acids is 2. The zero-order valence-corrected chi connectivity index (χ0v) is 13.2. The van der Waals surface area contributed by atoms with E-state index in [0.29, 0.717) is 16.3 Å². The SMILES string of the molecule is NC(=O)Cc1ccc(NC(=O)c2ccc(Br)c(Cl)c2)cc1. The van der Waals surface area contributed by atoms with Gasteiger partial charge in [-0.1, -0.05) is 23.7 Å². The van der Waals surface area contributed by atoms with Crippen molar-refractivity contribution in [2.24, 2.45) is 5.73 Å². The molecular weight excluding hydrogens is 356 g/mol. The first-order valence-corrected chi connectivity index (χ1v) is 7.26. The average Bonchev–Trinajstić information content (AvgIpc) is 2.43. The number of benzene rings is 2. The molecular formula is C15H12BrClN2O2. The topological polar surface area (TPSA) is 72.2 Å². The van der Waals surface area contributed by atoms with E-state index in [4.69, 9.17) is 17.3 Å². The van der Waals surface area contributed by atoms with Gasteiger partial charge in [-0.15, -0.1) is 0 Å². The Bertz CT molecular complexity index is 687. The molecule has 0 fully saturated rings. The first kappa shape index (κ1) is 15.5. The zero-order valence-electron chi connectivity index (χ0n) is 10.9. The highest BCUT2D eigenvalue weighted by atomic mass is 79.9. The maximum absolute atomic E-state index is 12.1. The van der Waals surface area contributed by atoms with Gasteiger partial charge in [0.1, 0.15) is 0 Å². The van der Waals surface area contributed by atoms with Crippen molar-refractivity contribution >= 4 is 45.0 Å². The van der Waals surface area contributed by atoms with Gasteiger partial charge in [0.25, 0.3) is 5.91 Å². The molecule has 0 aliphatic rings. The minimum Gasteiger partial charge on any atom is -0.369 e. The Labute approximate surface area is 135 Å². The van der Waals surface area contributed by atoms with Gasteiger partial charge >= 0.3 is 0 Å². The van der Waals surface area contributed by atoms with Crippen molar-refractivity contribution in [3.63, 3.8) is 0 Å². The smallest absolute Gasteiger partial charge is 0.255 e. The minimum absolute atomic E-state index is 0.177. The number of hydrogen-bond donors (Lipinski definition) is 2. The Hall–Kier alpha value is -1.85. The third-order valence-corrected chi connectivity index (χ3v) is 4.00. The standard InChI is InChI=1S/C15H12BrClN2O2/c16-12-6-3-10(8-13(12)17)15(21)19-11-4-1-9(2-5-11)7-14(18)20/h1-6,8H,7H2,(H2,18,20)(H,19,21). The number of carbonyl (C=O) groups is 2. The maximum atomic E-state index is 12.1. The predicted octanol–water partition coefficient (Wildman–Crippen LogP) is 3.38. The van der Waals surface area contributed by atoms with Crippen LogP contribution in [-0.2, 0) is 11.2 Å². The number of amides is 2. The van der Waals surface area contributed by atoms with E-state index in [-0.39, 0.29) is 12.3 Å². The van der Waals surface area contributed by atoms with Crippen molar-refractivity contribution in [2.75, 3.05) is 5.32 Å². The molecule has 2 rings (SSSR count). The lowest BCUT2D eigenvalue weighted by atomic mass is 10.1. The van der Waals surface area contributed by atoms with Crippen molar-refractivity contribution in [1.29, 1.82) is 0 Å². The summed E-state index contributed by atoms with van der Waals surface area (Å²) in [6.45, 7) is 0. The Morgan fingerprint density at radius 2 is 1.81 bits per heavy atom. The van der Waals surface area contributed by atoms with E-state index in [1.807, 2.05) is 0 Å². The largest absolute Gasteiger partial charge is 0.369 e. The highest BCUT2D eigenvalue weighted by Crippen LogP contribution is 2.23. The number of rotatable bonds is 4. The molecule has 0 aromatic heterocycles. The monoisotopic (exact) mass is 366 g/mol. The third kappa shape index (κ3) is 4.31. The van der Waals surface area contributed by atoms with Crippen LogP contribution in [-0.4, -0.2) is 11.8 Å². The summed E-state index contributed by atoms with van der Waals surface area (Å²) in [5.74, 6) is -0.650. The Kier molecular flexibility index (Phi) is 4.98. The second kappa shape index (κ2) is 6.74. The molecule has 2 amide bonds. The fourth-order valence-electron chi connectivity index (χ4n) is 1.75. The molecule has 0 bridgehead atoms. The van der Waals surface area contributed by atoms with Crippen LogP contribution < -0.4 is 11.1 Å². The van der Waals surface area contributed by atoms with Crippen LogP contribution in [0.5, 0.6) is 0 Å². The molecule has 0 radical (unpaired) electrons. The Balaban J connectivity index is 2.08. The van der Waals surface area contributed by atoms with Gasteiger partial charge in [0, 0.05) is 15.7 Å². The number of primary amides is 1. The molecule has 108 valence electrons. The van der Waals surface area contributed by atoms with Crippen LogP contribution in [0.15, 0.2) is 46.9 Å². The molecule has 2 aromatic carbocycles. The first-order valence-electron chi connectivity index (χ1n) is 6.09. The van der Waals surface area contributed by atoms with E-state index in [1.54, 1.807) is 42.5 Å². The molecule has 0 saturated carbocycles. The summed E-state index contributed by atoms with van der Waals surface area (Å²) in [5.41, 5.74) is 7.01. The summed E-state index contributed by atoms with van der Waals surface area (Å²) in [5, 5.41) is 3.23. The molecule has 6 heteroatoms. The van der Waals surface area contributed by atoms with Gasteiger partial charge in [0.15, 0.2) is 0 Å². The number of nitrogens with two attached hydrogens (primary N) is 1. The Morgan fingerprint density at radius 3 is 2.38 bits per heavy atom. The van der Waals surface area contributed by atoms with Crippen molar-refractivity contribution in [1.82, 2.24) is 0 Å². The quantitative estimate of drug-likeness (QED) is 0.869. The van der Waals surface area contributed by atoms with Gasteiger partial charge in [-0.2, -0.15) is 0 Å². The molecule has 4 nitrogen and oxygen atoms in total. The minimum atomic E-state index is -0.392. The molecule has 0 unspecified atom stereocenters. The van der Waals surface area contributed by atoms with Gasteiger partial charge in [-0.05, 0) is 51.8 Å². The van der Waals surface area contributed by atoms with Gasteiger partial charge < -0.3 is 11.1 Å². The molecule has 3 N–H and O–H groups in total. The molecule has 0 saturated heterocycles. The summed E-state index contributed by atoms with van der Waals surface area (Å²) in [7, 11) is 0. The molecule has 0 aliphatic heterocycles. The van der Waals surface area contributed by atoms with Gasteiger partial charge in [0.05, 0.1) is 11.4 Å². The second-order valence-electron chi connectivity index (χ2n) is 4.42. The van der Waals surface area contributed by atoms with E-state index in [2.05, 4.69) is 21.2 Å². The van der Waals surface area contributed by atoms with Crippen LogP contribution in [0.3, 0.4) is 0 Å². The molecule has 0 aliphatic carbocycles. The summed E-state index contributed by atoms with van der Waals surface area (Å²) < 4.78 is 0.733. The van der Waals surface area contributed by atoms with E-state index in [0.717, 1.165) is 10.0 Å². The lowest BCUT2D eigenvalue weighted by Gasteiger charge is -2.07. The van der Waals surface area contributed by atoms with Crippen LogP contribution in [0.2, 0.25) is 5.02 Å². The lowest BCUT2D eigenvalue weighted by molar-refractivity contribution is -0.117. The van der Waals surface area contributed by atoms with Crippen LogP contribution in [0.1, 0.15) is 15.9 Å². The summed E-state index contributed by atoms with van der Waals surface area (Å²) >= 11 is 9.23. The summed E-state index contributed by atoms with van der Waals surface area (Å²) in [6.07, 6.45) is 0.177. The molecule has 0 heterocycles. The fourth-order valence-corrected chi connectivity index (χ4v) is 2.17. The molecule has 0 spiro atoms. The summed E-state index contributed by atoms with van der Waals surface area (Å²) in [6, 6.07) is 11.9. The number of nitrogens with one attached hydrogen (secondary N) is 1. The normalized spacial score (nSPS) is 10.2. The van der Waals surface area contributed by atoms with Crippen LogP contribution in [0, 0.1) is 0 Å². The second-order valence-corrected chi connectivity index (χ2v) is 5.68. The average molecular weight is 368 g/mol. The van der Waals surface area contributed by atoms with Crippen molar-refractivity contribution in [3.8, 4) is 0 Å². The maximum Gasteiger partial charge on any atom is 0.255 e. The van der Waals surface area contributed by atoms with E-state index in [9.17, 15) is 9.59 Å². The Morgan fingerprint density at radius 1 is 1.14 bits per heavy atom. The first-order chi connectivity index (χ1) is 9.95. The van der Waals surface area contributed by atoms with E-state index in [1.165, 1.54) is 0 Å². The van der Waals surface area contributed by atoms with Crippen molar-refractivity contribution in [3.05, 3.63) is 63.1 Å². The molecule has 2 aromatic rings. The highest BCUT2D eigenvalue weighted by Gasteiger charge is 2.08. The van der Waals surface area contributed by atoms with Gasteiger partial charge in [0.2, 0.25) is 5.91 Å². The van der Waals surface area contributed by atoms with Crippen molar-refractivity contribution < 1.29 is 9.59 Å². The van der Waals surface area contributed by atoms with Crippen LogP contribution in [0.4, 0.5) is 5.69 Å². The number of anilines is 1. The fraction of sp³-hybridized carbons (Fsp3) is 0.0667. The van der Waals surface area contributed by atoms with Gasteiger partial charge in [-0.25, -0.2) is 0 Å². The van der Waals surface area contributed by atoms with Gasteiger partial charge in [-0.3, -0.25) is 9.59 Å². The van der Waals surface area contributed by atoms with Crippen molar-refractivity contribution in [2.45, 2.75) is 6.42 Å². The predicted molar refractivity (Wildman–Crippen MR) is 86.4 cm³/mol.